The number of alkyl halides is 1. The normalized spacial score (nSPS) is 31.8. The molecule has 0 radical (unpaired) electrons. The second kappa shape index (κ2) is 5.32. The van der Waals surface area contributed by atoms with E-state index in [0.29, 0.717) is 5.92 Å². The number of hydrogen-bond donors (Lipinski definition) is 0. The molecule has 0 saturated heterocycles. The minimum absolute atomic E-state index is 0.0369. The van der Waals surface area contributed by atoms with Crippen molar-refractivity contribution >= 4 is 15.9 Å². The van der Waals surface area contributed by atoms with Gasteiger partial charge in [-0.1, -0.05) is 40.5 Å². The van der Waals surface area contributed by atoms with Crippen LogP contribution in [0.5, 0.6) is 0 Å². The first kappa shape index (κ1) is 12.7. The molecule has 0 N–H and O–H groups in total. The molecular weight excluding hydrogens is 291 g/mol. The fourth-order valence-electron chi connectivity index (χ4n) is 4.11. The van der Waals surface area contributed by atoms with Gasteiger partial charge in [-0.05, 0) is 61.0 Å². The lowest BCUT2D eigenvalue weighted by molar-refractivity contribution is 0.299. The lowest BCUT2D eigenvalue weighted by Gasteiger charge is -2.26. The van der Waals surface area contributed by atoms with Crippen molar-refractivity contribution in [2.24, 2.45) is 17.8 Å². The molecule has 2 heteroatoms. The van der Waals surface area contributed by atoms with Gasteiger partial charge in [0.05, 0.1) is 0 Å². The highest BCUT2D eigenvalue weighted by Crippen LogP contribution is 2.51. The van der Waals surface area contributed by atoms with E-state index >= 15 is 0 Å². The Morgan fingerprint density at radius 2 is 2.06 bits per heavy atom. The summed E-state index contributed by atoms with van der Waals surface area (Å²) in [4.78, 5) is 0. The smallest absolute Gasteiger partial charge is 0.126 e. The summed E-state index contributed by atoms with van der Waals surface area (Å²) in [5, 5.41) is 0.877. The maximum atomic E-state index is 13.9. The molecule has 0 aliphatic heterocycles. The average Bonchev–Trinajstić information content (AvgIpc) is 2.99. The van der Waals surface area contributed by atoms with E-state index in [9.17, 15) is 4.39 Å². The van der Waals surface area contributed by atoms with Crippen molar-refractivity contribution in [3.8, 4) is 0 Å². The Labute approximate surface area is 117 Å². The van der Waals surface area contributed by atoms with Gasteiger partial charge in [0.2, 0.25) is 0 Å². The van der Waals surface area contributed by atoms with Gasteiger partial charge in [0.15, 0.2) is 0 Å². The van der Waals surface area contributed by atoms with Gasteiger partial charge in [0.1, 0.15) is 5.82 Å². The molecule has 2 bridgehead atoms. The van der Waals surface area contributed by atoms with Gasteiger partial charge in [-0.3, -0.25) is 0 Å². The molecule has 0 amide bonds. The van der Waals surface area contributed by atoms with Crippen molar-refractivity contribution in [3.05, 3.63) is 35.6 Å². The van der Waals surface area contributed by atoms with Crippen molar-refractivity contribution in [3.63, 3.8) is 0 Å². The zero-order valence-electron chi connectivity index (χ0n) is 10.6. The molecular formula is C16H20BrF. The Morgan fingerprint density at radius 3 is 2.67 bits per heavy atom. The van der Waals surface area contributed by atoms with Crippen LogP contribution in [0.25, 0.3) is 0 Å². The standard InChI is InChI=1S/C16H20BrF/c17-10-14(15-3-1-2-4-16(15)18)9-13-8-11-5-6-12(13)7-11/h1-4,11-14H,5-10H2. The van der Waals surface area contributed by atoms with Crippen LogP contribution in [0.15, 0.2) is 24.3 Å². The molecule has 2 saturated carbocycles. The second-order valence-corrected chi connectivity index (χ2v) is 6.69. The molecule has 0 spiro atoms. The van der Waals surface area contributed by atoms with Crippen LogP contribution in [0, 0.1) is 23.6 Å². The Kier molecular flexibility index (Phi) is 3.74. The number of fused-ring (bicyclic) bond motifs is 2. The maximum absolute atomic E-state index is 13.9. The SMILES string of the molecule is Fc1ccccc1C(CBr)CC1CC2CCC1C2. The van der Waals surface area contributed by atoms with E-state index in [4.69, 9.17) is 0 Å². The van der Waals surface area contributed by atoms with Crippen LogP contribution in [0.2, 0.25) is 0 Å². The van der Waals surface area contributed by atoms with E-state index in [2.05, 4.69) is 15.9 Å². The third-order valence-electron chi connectivity index (χ3n) is 5.00. The summed E-state index contributed by atoms with van der Waals surface area (Å²) in [6, 6.07) is 7.27. The number of hydrogen-bond acceptors (Lipinski definition) is 0. The number of rotatable bonds is 4. The van der Waals surface area contributed by atoms with Crippen LogP contribution in [0.3, 0.4) is 0 Å². The monoisotopic (exact) mass is 310 g/mol. The van der Waals surface area contributed by atoms with Crippen LogP contribution in [0.4, 0.5) is 4.39 Å². The third-order valence-corrected chi connectivity index (χ3v) is 5.78. The zero-order chi connectivity index (χ0) is 12.5. The summed E-state index contributed by atoms with van der Waals surface area (Å²) in [5.41, 5.74) is 0.900. The van der Waals surface area contributed by atoms with Gasteiger partial charge in [-0.15, -0.1) is 0 Å². The van der Waals surface area contributed by atoms with Gasteiger partial charge in [0.25, 0.3) is 0 Å². The third kappa shape index (κ3) is 2.36. The summed E-state index contributed by atoms with van der Waals surface area (Å²) < 4.78 is 13.9. The molecule has 18 heavy (non-hydrogen) atoms. The van der Waals surface area contributed by atoms with Crippen molar-refractivity contribution < 1.29 is 4.39 Å². The van der Waals surface area contributed by atoms with Crippen molar-refractivity contribution in [1.29, 1.82) is 0 Å². The van der Waals surface area contributed by atoms with Crippen LogP contribution >= 0.6 is 15.9 Å². The first-order chi connectivity index (χ1) is 8.78. The summed E-state index contributed by atoms with van der Waals surface area (Å²) in [6.45, 7) is 0. The average molecular weight is 311 g/mol. The van der Waals surface area contributed by atoms with Crippen LogP contribution in [-0.4, -0.2) is 5.33 Å². The van der Waals surface area contributed by atoms with Gasteiger partial charge in [0, 0.05) is 5.33 Å². The first-order valence-electron chi connectivity index (χ1n) is 7.08. The van der Waals surface area contributed by atoms with Crippen LogP contribution in [-0.2, 0) is 0 Å². The summed E-state index contributed by atoms with van der Waals surface area (Å²) in [5.74, 6) is 3.06. The van der Waals surface area contributed by atoms with Crippen molar-refractivity contribution in [1.82, 2.24) is 0 Å². The molecule has 0 nitrogen and oxygen atoms in total. The van der Waals surface area contributed by atoms with Crippen LogP contribution < -0.4 is 0 Å². The topological polar surface area (TPSA) is 0 Å². The molecule has 2 aliphatic carbocycles. The Bertz CT molecular complexity index is 417. The largest absolute Gasteiger partial charge is 0.207 e. The molecule has 2 aliphatic rings. The van der Waals surface area contributed by atoms with E-state index < -0.39 is 0 Å². The van der Waals surface area contributed by atoms with E-state index in [1.807, 2.05) is 12.1 Å². The highest BCUT2D eigenvalue weighted by Gasteiger charge is 2.40. The lowest BCUT2D eigenvalue weighted by atomic mass is 9.80. The zero-order valence-corrected chi connectivity index (χ0v) is 12.2. The molecule has 3 rings (SSSR count). The molecule has 1 aromatic carbocycles. The molecule has 1 aromatic rings. The summed E-state index contributed by atoms with van der Waals surface area (Å²) in [6.07, 6.45) is 6.86. The fraction of sp³-hybridized carbons (Fsp3) is 0.625. The van der Waals surface area contributed by atoms with Gasteiger partial charge < -0.3 is 0 Å². The van der Waals surface area contributed by atoms with Crippen molar-refractivity contribution in [2.45, 2.75) is 38.0 Å². The summed E-state index contributed by atoms with van der Waals surface area (Å²) in [7, 11) is 0. The van der Waals surface area contributed by atoms with Gasteiger partial charge in [-0.25, -0.2) is 4.39 Å². The number of halogens is 2. The minimum Gasteiger partial charge on any atom is -0.207 e. The highest BCUT2D eigenvalue weighted by atomic mass is 79.9. The molecule has 4 atom stereocenters. The summed E-state index contributed by atoms with van der Waals surface area (Å²) >= 11 is 3.58. The number of benzene rings is 1. The van der Waals surface area contributed by atoms with Gasteiger partial charge in [-0.2, -0.15) is 0 Å². The quantitative estimate of drug-likeness (QED) is 0.676. The maximum Gasteiger partial charge on any atom is 0.126 e. The van der Waals surface area contributed by atoms with E-state index in [1.165, 1.54) is 25.7 Å². The van der Waals surface area contributed by atoms with Gasteiger partial charge >= 0.3 is 0 Å². The Morgan fingerprint density at radius 1 is 1.22 bits per heavy atom. The second-order valence-electron chi connectivity index (χ2n) is 6.04. The van der Waals surface area contributed by atoms with Crippen LogP contribution in [0.1, 0.15) is 43.6 Å². The molecule has 0 aromatic heterocycles. The predicted molar refractivity (Wildman–Crippen MR) is 76.5 cm³/mol. The molecule has 98 valence electrons. The van der Waals surface area contributed by atoms with Crippen molar-refractivity contribution in [2.75, 3.05) is 5.33 Å². The Hall–Kier alpha value is -0.370. The van der Waals surface area contributed by atoms with E-state index in [-0.39, 0.29) is 5.82 Å². The molecule has 2 fully saturated rings. The minimum atomic E-state index is -0.0369. The molecule has 4 unspecified atom stereocenters. The van der Waals surface area contributed by atoms with E-state index in [1.54, 1.807) is 12.1 Å². The van der Waals surface area contributed by atoms with E-state index in [0.717, 1.165) is 35.1 Å². The predicted octanol–water partition coefficient (Wildman–Crippen LogP) is 5.13. The fourth-order valence-corrected chi connectivity index (χ4v) is 4.72. The lowest BCUT2D eigenvalue weighted by Crippen LogP contribution is -2.16. The highest BCUT2D eigenvalue weighted by molar-refractivity contribution is 9.09. The first-order valence-corrected chi connectivity index (χ1v) is 8.20. The Balaban J connectivity index is 1.72. The molecule has 0 heterocycles.